The first-order valence-corrected chi connectivity index (χ1v) is 8.14. The number of nitrogens with one attached hydrogen (secondary N) is 2. The van der Waals surface area contributed by atoms with E-state index in [-0.39, 0.29) is 23.3 Å². The van der Waals surface area contributed by atoms with E-state index in [0.717, 1.165) is 45.1 Å². The van der Waals surface area contributed by atoms with Crippen LogP contribution in [0.3, 0.4) is 0 Å². The zero-order valence-electron chi connectivity index (χ0n) is 13.2. The van der Waals surface area contributed by atoms with Gasteiger partial charge in [0.1, 0.15) is 0 Å². The van der Waals surface area contributed by atoms with Crippen molar-refractivity contribution in [3.8, 4) is 0 Å². The molecule has 1 saturated heterocycles. The van der Waals surface area contributed by atoms with Crippen LogP contribution >= 0.6 is 0 Å². The third kappa shape index (κ3) is 4.19. The van der Waals surface area contributed by atoms with Gasteiger partial charge in [-0.05, 0) is 56.4 Å². The molecule has 1 heterocycles. The van der Waals surface area contributed by atoms with Gasteiger partial charge < -0.3 is 15.7 Å². The number of carbonyl (C=O) groups is 2. The highest BCUT2D eigenvalue weighted by Gasteiger charge is 2.37. The second kappa shape index (κ2) is 6.77. The summed E-state index contributed by atoms with van der Waals surface area (Å²) in [6.45, 7) is 5.87. The first-order chi connectivity index (χ1) is 9.90. The minimum absolute atomic E-state index is 0.00327. The van der Waals surface area contributed by atoms with E-state index >= 15 is 0 Å². The van der Waals surface area contributed by atoms with Gasteiger partial charge in [-0.3, -0.25) is 9.59 Å². The summed E-state index contributed by atoms with van der Waals surface area (Å²) in [6.07, 6.45) is 5.47. The van der Waals surface area contributed by atoms with Crippen molar-refractivity contribution in [2.24, 2.45) is 17.3 Å². The Morgan fingerprint density at radius 1 is 1.24 bits per heavy atom. The Morgan fingerprint density at radius 2 is 1.90 bits per heavy atom. The molecule has 0 radical (unpaired) electrons. The van der Waals surface area contributed by atoms with E-state index < -0.39 is 5.97 Å². The molecule has 0 bridgehead atoms. The highest BCUT2D eigenvalue weighted by Crippen LogP contribution is 2.31. The van der Waals surface area contributed by atoms with Gasteiger partial charge in [-0.25, -0.2) is 0 Å². The van der Waals surface area contributed by atoms with Crippen LogP contribution < -0.4 is 10.6 Å². The van der Waals surface area contributed by atoms with Crippen molar-refractivity contribution in [3.63, 3.8) is 0 Å². The molecule has 2 aliphatic rings. The minimum Gasteiger partial charge on any atom is -0.481 e. The van der Waals surface area contributed by atoms with Gasteiger partial charge in [0, 0.05) is 6.54 Å². The van der Waals surface area contributed by atoms with E-state index in [1.807, 2.05) is 0 Å². The third-order valence-corrected chi connectivity index (χ3v) is 5.15. The maximum absolute atomic E-state index is 12.4. The van der Waals surface area contributed by atoms with Crippen molar-refractivity contribution in [1.82, 2.24) is 10.6 Å². The summed E-state index contributed by atoms with van der Waals surface area (Å²) in [7, 11) is 0. The summed E-state index contributed by atoms with van der Waals surface area (Å²) < 4.78 is 0. The lowest BCUT2D eigenvalue weighted by Crippen LogP contribution is -2.56. The number of rotatable bonds is 4. The van der Waals surface area contributed by atoms with E-state index in [2.05, 4.69) is 24.5 Å². The van der Waals surface area contributed by atoms with Gasteiger partial charge in [0.05, 0.1) is 12.0 Å². The number of hydrogen-bond acceptors (Lipinski definition) is 3. The zero-order chi connectivity index (χ0) is 15.5. The van der Waals surface area contributed by atoms with E-state index in [1.54, 1.807) is 0 Å². The van der Waals surface area contributed by atoms with Crippen molar-refractivity contribution in [2.45, 2.75) is 58.4 Å². The van der Waals surface area contributed by atoms with Gasteiger partial charge in [0.25, 0.3) is 0 Å². The Morgan fingerprint density at radius 3 is 2.48 bits per heavy atom. The third-order valence-electron chi connectivity index (χ3n) is 5.15. The Hall–Kier alpha value is -1.10. The predicted molar refractivity (Wildman–Crippen MR) is 80.9 cm³/mol. The molecule has 120 valence electrons. The lowest BCUT2D eigenvalue weighted by molar-refractivity contribution is -0.143. The van der Waals surface area contributed by atoms with E-state index in [1.165, 1.54) is 0 Å². The molecule has 1 atom stereocenters. The Balaban J connectivity index is 1.76. The molecule has 5 heteroatoms. The highest BCUT2D eigenvalue weighted by atomic mass is 16.4. The molecule has 2 rings (SSSR count). The monoisotopic (exact) mass is 296 g/mol. The summed E-state index contributed by atoms with van der Waals surface area (Å²) in [5.74, 6) is -0.335. The molecule has 0 aromatic heterocycles. The number of aliphatic carboxylic acids is 1. The SMILES string of the molecule is CC1(C)CCCNC1C(=O)NCC1CCC(C(=O)O)CC1. The molecule has 0 spiro atoms. The van der Waals surface area contributed by atoms with E-state index in [9.17, 15) is 9.59 Å². The van der Waals surface area contributed by atoms with Gasteiger partial charge in [-0.15, -0.1) is 0 Å². The van der Waals surface area contributed by atoms with Crippen LogP contribution in [0.15, 0.2) is 0 Å². The standard InChI is InChI=1S/C16H28N2O3/c1-16(2)8-3-9-17-13(16)14(19)18-10-11-4-6-12(7-5-11)15(20)21/h11-13,17H,3-10H2,1-2H3,(H,18,19)(H,20,21). The van der Waals surface area contributed by atoms with Gasteiger partial charge in [-0.2, -0.15) is 0 Å². The van der Waals surface area contributed by atoms with Crippen LogP contribution in [0.2, 0.25) is 0 Å². The Labute approximate surface area is 126 Å². The topological polar surface area (TPSA) is 78.4 Å². The maximum atomic E-state index is 12.4. The molecule has 1 saturated carbocycles. The molecule has 1 aliphatic carbocycles. The minimum atomic E-state index is -0.675. The summed E-state index contributed by atoms with van der Waals surface area (Å²) in [6, 6.07) is -0.110. The molecule has 1 unspecified atom stereocenters. The lowest BCUT2D eigenvalue weighted by Gasteiger charge is -2.38. The van der Waals surface area contributed by atoms with Crippen molar-refractivity contribution < 1.29 is 14.7 Å². The van der Waals surface area contributed by atoms with E-state index in [0.29, 0.717) is 12.5 Å². The summed E-state index contributed by atoms with van der Waals surface area (Å²) >= 11 is 0. The summed E-state index contributed by atoms with van der Waals surface area (Å²) in [4.78, 5) is 23.3. The number of carboxylic acids is 1. The largest absolute Gasteiger partial charge is 0.481 e. The number of amides is 1. The fraction of sp³-hybridized carbons (Fsp3) is 0.875. The molecule has 1 amide bonds. The zero-order valence-corrected chi connectivity index (χ0v) is 13.2. The average Bonchev–Trinajstić information content (AvgIpc) is 2.44. The second-order valence-electron chi connectivity index (χ2n) is 7.28. The normalized spacial score (nSPS) is 32.4. The van der Waals surface area contributed by atoms with Gasteiger partial charge in [0.2, 0.25) is 5.91 Å². The summed E-state index contributed by atoms with van der Waals surface area (Å²) in [5.41, 5.74) is 0.00327. The molecule has 0 aromatic carbocycles. The molecule has 0 aromatic rings. The molecule has 3 N–H and O–H groups in total. The number of carboxylic acid groups (broad SMARTS) is 1. The van der Waals surface area contributed by atoms with Crippen molar-refractivity contribution in [2.75, 3.05) is 13.1 Å². The maximum Gasteiger partial charge on any atom is 0.306 e. The van der Waals surface area contributed by atoms with Crippen LogP contribution in [0.25, 0.3) is 0 Å². The first kappa shape index (κ1) is 16.3. The number of hydrogen-bond donors (Lipinski definition) is 3. The molecule has 1 aliphatic heterocycles. The number of piperidine rings is 1. The quantitative estimate of drug-likeness (QED) is 0.739. The predicted octanol–water partition coefficient (Wildman–Crippen LogP) is 1.77. The molecule has 5 nitrogen and oxygen atoms in total. The highest BCUT2D eigenvalue weighted by molar-refractivity contribution is 5.82. The van der Waals surface area contributed by atoms with E-state index in [4.69, 9.17) is 5.11 Å². The van der Waals surface area contributed by atoms with Crippen LogP contribution in [0, 0.1) is 17.3 Å². The van der Waals surface area contributed by atoms with Crippen LogP contribution in [0.5, 0.6) is 0 Å². The Kier molecular flexibility index (Phi) is 5.25. The van der Waals surface area contributed by atoms with Gasteiger partial charge >= 0.3 is 5.97 Å². The smallest absolute Gasteiger partial charge is 0.306 e. The van der Waals surface area contributed by atoms with Gasteiger partial charge in [0.15, 0.2) is 0 Å². The van der Waals surface area contributed by atoms with Crippen LogP contribution in [0.1, 0.15) is 52.4 Å². The molecule has 21 heavy (non-hydrogen) atoms. The average molecular weight is 296 g/mol. The molecule has 2 fully saturated rings. The fourth-order valence-electron chi connectivity index (χ4n) is 3.62. The van der Waals surface area contributed by atoms with Crippen LogP contribution in [0.4, 0.5) is 0 Å². The first-order valence-electron chi connectivity index (χ1n) is 8.14. The van der Waals surface area contributed by atoms with Crippen molar-refractivity contribution in [1.29, 1.82) is 0 Å². The van der Waals surface area contributed by atoms with Crippen molar-refractivity contribution in [3.05, 3.63) is 0 Å². The fourth-order valence-corrected chi connectivity index (χ4v) is 3.62. The lowest BCUT2D eigenvalue weighted by atomic mass is 9.77. The van der Waals surface area contributed by atoms with Crippen LogP contribution in [-0.4, -0.2) is 36.1 Å². The summed E-state index contributed by atoms with van der Waals surface area (Å²) in [5, 5.41) is 15.4. The molecular weight excluding hydrogens is 268 g/mol. The van der Waals surface area contributed by atoms with Gasteiger partial charge in [-0.1, -0.05) is 13.8 Å². The van der Waals surface area contributed by atoms with Crippen LogP contribution in [-0.2, 0) is 9.59 Å². The molecular formula is C16H28N2O3. The number of carbonyl (C=O) groups excluding carboxylic acids is 1. The van der Waals surface area contributed by atoms with Crippen molar-refractivity contribution >= 4 is 11.9 Å². The second-order valence-corrected chi connectivity index (χ2v) is 7.28. The Bertz CT molecular complexity index is 387.